The van der Waals surface area contributed by atoms with Gasteiger partial charge in [-0.05, 0) is 49.4 Å². The summed E-state index contributed by atoms with van der Waals surface area (Å²) < 4.78 is 34.5. The zero-order valence-corrected chi connectivity index (χ0v) is 19.2. The lowest BCUT2D eigenvalue weighted by atomic mass is 9.96. The molecule has 1 aliphatic rings. The molecule has 0 spiro atoms. The topological polar surface area (TPSA) is 92.7 Å². The number of hydrogen-bond donors (Lipinski definition) is 2. The van der Waals surface area contributed by atoms with Crippen LogP contribution in [-0.4, -0.2) is 31.7 Å². The fraction of sp³-hybridized carbons (Fsp3) is 0.458. The first-order valence-electron chi connectivity index (χ1n) is 10.6. The van der Waals surface area contributed by atoms with Gasteiger partial charge in [-0.15, -0.1) is 0 Å². The van der Waals surface area contributed by atoms with E-state index in [1.807, 2.05) is 45.0 Å². The van der Waals surface area contributed by atoms with Crippen molar-refractivity contribution in [1.29, 1.82) is 0 Å². The van der Waals surface area contributed by atoms with E-state index < -0.39 is 40.2 Å². The van der Waals surface area contributed by atoms with E-state index in [1.165, 1.54) is 0 Å². The zero-order chi connectivity index (χ0) is 22.8. The Morgan fingerprint density at radius 2 is 1.77 bits per heavy atom. The Labute approximate surface area is 184 Å². The van der Waals surface area contributed by atoms with Crippen LogP contribution in [0.3, 0.4) is 0 Å². The van der Waals surface area contributed by atoms with Gasteiger partial charge in [-0.25, -0.2) is 8.42 Å². The average Bonchev–Trinajstić information content (AvgIpc) is 3.03. The van der Waals surface area contributed by atoms with Gasteiger partial charge >= 0.3 is 5.97 Å². The molecular formula is C24H31NO5S. The first-order valence-corrected chi connectivity index (χ1v) is 12.1. The van der Waals surface area contributed by atoms with Crippen molar-refractivity contribution in [3.8, 4) is 0 Å². The highest BCUT2D eigenvalue weighted by Crippen LogP contribution is 2.35. The van der Waals surface area contributed by atoms with Crippen LogP contribution in [0.2, 0.25) is 0 Å². The van der Waals surface area contributed by atoms with Crippen molar-refractivity contribution < 1.29 is 23.1 Å². The minimum Gasteiger partial charge on any atom is -0.460 e. The third kappa shape index (κ3) is 5.53. The van der Waals surface area contributed by atoms with Gasteiger partial charge < -0.3 is 9.84 Å². The number of carbonyl (C=O) groups is 1. The summed E-state index contributed by atoms with van der Waals surface area (Å²) in [6.45, 7) is 7.49. The molecule has 0 saturated carbocycles. The molecule has 0 aromatic heterocycles. The van der Waals surface area contributed by atoms with Crippen LogP contribution in [0.1, 0.15) is 49.9 Å². The fourth-order valence-electron chi connectivity index (χ4n) is 3.86. The number of benzene rings is 2. The summed E-state index contributed by atoms with van der Waals surface area (Å²) in [6, 6.07) is 13.4. The van der Waals surface area contributed by atoms with Gasteiger partial charge in [0.05, 0.1) is 23.0 Å². The molecule has 2 aromatic rings. The third-order valence-electron chi connectivity index (χ3n) is 5.73. The minimum atomic E-state index is -3.82. The van der Waals surface area contributed by atoms with E-state index in [1.54, 1.807) is 31.2 Å². The van der Waals surface area contributed by atoms with Gasteiger partial charge in [-0.1, -0.05) is 55.8 Å². The lowest BCUT2D eigenvalue weighted by Gasteiger charge is -2.25. The number of sulfonamides is 1. The molecule has 7 heteroatoms. The molecule has 1 aliphatic carbocycles. The first-order chi connectivity index (χ1) is 14.6. The molecular weight excluding hydrogens is 414 g/mol. The molecule has 2 N–H and O–H groups in total. The number of aliphatic hydroxyl groups excluding tert-OH is 1. The van der Waals surface area contributed by atoms with Crippen LogP contribution >= 0.6 is 0 Å². The van der Waals surface area contributed by atoms with Crippen molar-refractivity contribution in [2.75, 3.05) is 0 Å². The van der Waals surface area contributed by atoms with Crippen LogP contribution < -0.4 is 4.72 Å². The highest BCUT2D eigenvalue weighted by atomic mass is 32.2. The van der Waals surface area contributed by atoms with Crippen LogP contribution in [0.25, 0.3) is 0 Å². The Morgan fingerprint density at radius 1 is 1.13 bits per heavy atom. The highest BCUT2D eigenvalue weighted by Gasteiger charge is 2.39. The Hall–Kier alpha value is -2.22. The van der Waals surface area contributed by atoms with Gasteiger partial charge in [-0.2, -0.15) is 4.72 Å². The maximum absolute atomic E-state index is 13.0. The molecule has 0 fully saturated rings. The van der Waals surface area contributed by atoms with E-state index in [9.17, 15) is 18.3 Å². The van der Waals surface area contributed by atoms with Crippen LogP contribution in [-0.2, 0) is 26.0 Å². The lowest BCUT2D eigenvalue weighted by molar-refractivity contribution is -0.158. The predicted molar refractivity (Wildman–Crippen MR) is 119 cm³/mol. The van der Waals surface area contributed by atoms with Gasteiger partial charge in [0.15, 0.2) is 0 Å². The summed E-state index contributed by atoms with van der Waals surface area (Å²) in [5.74, 6) is -0.971. The highest BCUT2D eigenvalue weighted by molar-refractivity contribution is 7.89. The van der Waals surface area contributed by atoms with Crippen molar-refractivity contribution in [3.05, 3.63) is 65.2 Å². The van der Waals surface area contributed by atoms with Crippen LogP contribution in [0.15, 0.2) is 53.4 Å². The number of ether oxygens (including phenoxy) is 1. The van der Waals surface area contributed by atoms with E-state index in [-0.39, 0.29) is 10.8 Å². The number of aliphatic hydroxyl groups is 1. The summed E-state index contributed by atoms with van der Waals surface area (Å²) >= 11 is 0. The molecule has 4 atom stereocenters. The van der Waals surface area contributed by atoms with Gasteiger partial charge in [0.2, 0.25) is 10.0 Å². The zero-order valence-electron chi connectivity index (χ0n) is 18.4. The van der Waals surface area contributed by atoms with E-state index in [2.05, 4.69) is 4.72 Å². The van der Waals surface area contributed by atoms with Crippen LogP contribution in [0.4, 0.5) is 0 Å². The molecule has 0 bridgehead atoms. The Kier molecular flexibility index (Phi) is 7.19. The molecule has 0 radical (unpaired) electrons. The van der Waals surface area contributed by atoms with Crippen LogP contribution in [0.5, 0.6) is 0 Å². The second kappa shape index (κ2) is 9.51. The molecule has 0 amide bonds. The molecule has 2 aromatic carbocycles. The molecule has 0 aliphatic heterocycles. The number of carbonyl (C=O) groups excluding carboxylic acids is 1. The average molecular weight is 446 g/mol. The van der Waals surface area contributed by atoms with E-state index >= 15 is 0 Å². The number of esters is 1. The van der Waals surface area contributed by atoms with Crippen LogP contribution in [0, 0.1) is 18.8 Å². The fourth-order valence-corrected chi connectivity index (χ4v) is 5.10. The Bertz CT molecular complexity index is 1020. The largest absolute Gasteiger partial charge is 0.460 e. The van der Waals surface area contributed by atoms with Crippen molar-refractivity contribution >= 4 is 16.0 Å². The molecule has 3 rings (SSSR count). The Balaban J connectivity index is 1.82. The summed E-state index contributed by atoms with van der Waals surface area (Å²) in [7, 11) is -3.82. The van der Waals surface area contributed by atoms with Gasteiger partial charge in [0.1, 0.15) is 6.10 Å². The van der Waals surface area contributed by atoms with Gasteiger partial charge in [0.25, 0.3) is 0 Å². The standard InChI is InChI=1S/C24H31NO5S/c1-15(2)13-21(26)17(4)24(27)30-22-14-18-7-5-6-8-20(18)23(22)25-31(28,29)19-11-9-16(3)10-12-19/h5-12,15,17,21-23,25-26H,13-14H2,1-4H3/t17-,21+,22+,23-/m1/s1. The number of rotatable bonds is 8. The number of aryl methyl sites for hydroxylation is 1. The lowest BCUT2D eigenvalue weighted by Crippen LogP contribution is -2.38. The maximum Gasteiger partial charge on any atom is 0.311 e. The molecule has 6 nitrogen and oxygen atoms in total. The summed E-state index contributed by atoms with van der Waals surface area (Å²) in [5.41, 5.74) is 2.70. The first kappa shape index (κ1) is 23.4. The quantitative estimate of drug-likeness (QED) is 0.607. The minimum absolute atomic E-state index is 0.160. The summed E-state index contributed by atoms with van der Waals surface area (Å²) in [4.78, 5) is 12.9. The number of nitrogens with one attached hydrogen (secondary N) is 1. The van der Waals surface area contributed by atoms with E-state index in [0.29, 0.717) is 12.8 Å². The van der Waals surface area contributed by atoms with Crippen molar-refractivity contribution in [1.82, 2.24) is 4.72 Å². The summed E-state index contributed by atoms with van der Waals surface area (Å²) in [6.07, 6.45) is -0.585. The van der Waals surface area contributed by atoms with Crippen molar-refractivity contribution in [2.24, 2.45) is 11.8 Å². The van der Waals surface area contributed by atoms with Crippen molar-refractivity contribution in [2.45, 2.75) is 63.7 Å². The smallest absolute Gasteiger partial charge is 0.311 e. The predicted octanol–water partition coefficient (Wildman–Crippen LogP) is 3.53. The normalized spacial score (nSPS) is 20.3. The molecule has 0 heterocycles. The van der Waals surface area contributed by atoms with Gasteiger partial charge in [0, 0.05) is 6.42 Å². The monoisotopic (exact) mass is 445 g/mol. The second-order valence-corrected chi connectivity index (χ2v) is 10.5. The second-order valence-electron chi connectivity index (χ2n) is 8.78. The summed E-state index contributed by atoms with van der Waals surface area (Å²) in [5, 5.41) is 10.3. The van der Waals surface area contributed by atoms with E-state index in [4.69, 9.17) is 4.74 Å². The number of hydrogen-bond acceptors (Lipinski definition) is 5. The molecule has 0 unspecified atom stereocenters. The third-order valence-corrected chi connectivity index (χ3v) is 7.18. The molecule has 168 valence electrons. The number of fused-ring (bicyclic) bond motifs is 1. The molecule has 31 heavy (non-hydrogen) atoms. The Morgan fingerprint density at radius 3 is 2.42 bits per heavy atom. The van der Waals surface area contributed by atoms with E-state index in [0.717, 1.165) is 16.7 Å². The van der Waals surface area contributed by atoms with Crippen molar-refractivity contribution in [3.63, 3.8) is 0 Å². The SMILES string of the molecule is Cc1ccc(S(=O)(=O)N[C@@H]2c3ccccc3C[C@@H]2OC(=O)[C@H](C)[C@@H](O)CC(C)C)cc1. The molecule has 0 saturated heterocycles. The van der Waals surface area contributed by atoms with Gasteiger partial charge in [-0.3, -0.25) is 4.79 Å². The maximum atomic E-state index is 13.0.